The third kappa shape index (κ3) is 3.45. The number of nitrogens with two attached hydrogens (primary N) is 1. The van der Waals surface area contributed by atoms with E-state index in [2.05, 4.69) is 6.92 Å². The van der Waals surface area contributed by atoms with E-state index in [4.69, 9.17) is 5.14 Å². The molecule has 0 radical (unpaired) electrons. The van der Waals surface area contributed by atoms with E-state index in [0.29, 0.717) is 19.0 Å². The van der Waals surface area contributed by atoms with Gasteiger partial charge in [0.05, 0.1) is 0 Å². The van der Waals surface area contributed by atoms with Crippen LogP contribution in [0.25, 0.3) is 0 Å². The maximum atomic E-state index is 12.7. The average molecular weight is 332 g/mol. The number of piperidine rings is 1. The molecule has 21 heavy (non-hydrogen) atoms. The normalized spacial score (nSPS) is 18.8. The second-order valence-corrected chi connectivity index (χ2v) is 8.68. The minimum Gasteiger partial charge on any atom is -0.225 e. The number of primary sulfonamides is 1. The lowest BCUT2D eigenvalue weighted by Crippen LogP contribution is -2.39. The van der Waals surface area contributed by atoms with Crippen LogP contribution in [0, 0.1) is 5.92 Å². The Morgan fingerprint density at radius 3 is 2.10 bits per heavy atom. The zero-order valence-corrected chi connectivity index (χ0v) is 13.5. The van der Waals surface area contributed by atoms with E-state index in [0.717, 1.165) is 19.3 Å². The number of hydrogen-bond acceptors (Lipinski definition) is 4. The summed E-state index contributed by atoms with van der Waals surface area (Å²) >= 11 is 0. The number of sulfonamides is 2. The molecule has 0 unspecified atom stereocenters. The molecule has 2 rings (SSSR count). The first-order chi connectivity index (χ1) is 9.76. The quantitative estimate of drug-likeness (QED) is 0.894. The van der Waals surface area contributed by atoms with Crippen LogP contribution in [0.1, 0.15) is 26.2 Å². The first-order valence-corrected chi connectivity index (χ1v) is 9.87. The Morgan fingerprint density at radius 2 is 1.62 bits per heavy atom. The number of nitrogens with zero attached hydrogens (tertiary/aromatic N) is 1. The summed E-state index contributed by atoms with van der Waals surface area (Å²) < 4.78 is 49.8. The van der Waals surface area contributed by atoms with E-state index in [1.807, 2.05) is 0 Å². The van der Waals surface area contributed by atoms with Crippen molar-refractivity contribution >= 4 is 20.0 Å². The highest BCUT2D eigenvalue weighted by molar-refractivity contribution is 7.92. The third-order valence-corrected chi connectivity index (χ3v) is 6.98. The van der Waals surface area contributed by atoms with Crippen LogP contribution in [0.3, 0.4) is 0 Å². The first-order valence-electron chi connectivity index (χ1n) is 6.88. The van der Waals surface area contributed by atoms with Gasteiger partial charge < -0.3 is 0 Å². The minimum atomic E-state index is -4.08. The van der Waals surface area contributed by atoms with E-state index in [1.54, 1.807) is 0 Å². The van der Waals surface area contributed by atoms with Gasteiger partial charge in [-0.2, -0.15) is 4.31 Å². The monoisotopic (exact) mass is 332 g/mol. The number of benzene rings is 1. The van der Waals surface area contributed by atoms with E-state index < -0.39 is 20.0 Å². The van der Waals surface area contributed by atoms with Gasteiger partial charge >= 0.3 is 0 Å². The summed E-state index contributed by atoms with van der Waals surface area (Å²) in [6.45, 7) is 2.92. The Morgan fingerprint density at radius 1 is 1.10 bits per heavy atom. The Hall–Kier alpha value is -0.960. The van der Waals surface area contributed by atoms with Gasteiger partial charge in [0, 0.05) is 13.1 Å². The molecule has 0 atom stereocenters. The fourth-order valence-electron chi connectivity index (χ4n) is 2.60. The standard InChI is InChI=1S/C13H20N2O4S2/c1-2-11-7-9-15(10-8-11)21(18,19)13-6-4-3-5-12(13)20(14,16)17/h3-6,11H,2,7-10H2,1H3,(H2,14,16,17). The van der Waals surface area contributed by atoms with Crippen LogP contribution < -0.4 is 5.14 Å². The molecule has 0 saturated carbocycles. The lowest BCUT2D eigenvalue weighted by Gasteiger charge is -2.31. The van der Waals surface area contributed by atoms with Crippen molar-refractivity contribution in [3.8, 4) is 0 Å². The van der Waals surface area contributed by atoms with Crippen molar-refractivity contribution in [2.45, 2.75) is 36.0 Å². The molecule has 2 N–H and O–H groups in total. The average Bonchev–Trinajstić information content (AvgIpc) is 2.46. The highest BCUT2D eigenvalue weighted by Crippen LogP contribution is 2.28. The second kappa shape index (κ2) is 6.04. The van der Waals surface area contributed by atoms with Crippen LogP contribution in [-0.4, -0.2) is 34.2 Å². The Bertz CT molecular complexity index is 705. The Balaban J connectivity index is 2.38. The van der Waals surface area contributed by atoms with Gasteiger partial charge in [0.1, 0.15) is 9.79 Å². The zero-order valence-electron chi connectivity index (χ0n) is 11.9. The molecule has 0 aromatic heterocycles. The Labute approximate surface area is 126 Å². The van der Waals surface area contributed by atoms with Crippen LogP contribution in [-0.2, 0) is 20.0 Å². The van der Waals surface area contributed by atoms with Gasteiger partial charge in [-0.15, -0.1) is 0 Å². The highest BCUT2D eigenvalue weighted by Gasteiger charge is 2.32. The molecule has 0 aliphatic carbocycles. The fourth-order valence-corrected chi connectivity index (χ4v) is 5.42. The molecule has 1 aliphatic heterocycles. The summed E-state index contributed by atoms with van der Waals surface area (Å²) in [6, 6.07) is 5.48. The topological polar surface area (TPSA) is 97.5 Å². The van der Waals surface area contributed by atoms with Crippen molar-refractivity contribution in [1.82, 2.24) is 4.31 Å². The molecular formula is C13H20N2O4S2. The molecule has 6 nitrogen and oxygen atoms in total. The zero-order chi connectivity index (χ0) is 15.7. The molecule has 1 fully saturated rings. The van der Waals surface area contributed by atoms with Crippen molar-refractivity contribution in [3.05, 3.63) is 24.3 Å². The van der Waals surface area contributed by atoms with Gasteiger partial charge in [-0.1, -0.05) is 25.5 Å². The molecule has 1 heterocycles. The molecule has 1 aromatic rings. The van der Waals surface area contributed by atoms with Crippen molar-refractivity contribution in [3.63, 3.8) is 0 Å². The second-order valence-electron chi connectivity index (χ2n) is 5.25. The van der Waals surface area contributed by atoms with E-state index in [1.165, 1.54) is 28.6 Å². The lowest BCUT2D eigenvalue weighted by atomic mass is 9.96. The molecule has 0 amide bonds. The summed E-state index contributed by atoms with van der Waals surface area (Å²) in [7, 11) is -7.91. The highest BCUT2D eigenvalue weighted by atomic mass is 32.2. The SMILES string of the molecule is CCC1CCN(S(=O)(=O)c2ccccc2S(N)(=O)=O)CC1. The molecule has 1 aromatic carbocycles. The predicted octanol–water partition coefficient (Wildman–Crippen LogP) is 1.14. The number of rotatable bonds is 4. The molecular weight excluding hydrogens is 312 g/mol. The van der Waals surface area contributed by atoms with Crippen molar-refractivity contribution in [2.24, 2.45) is 11.1 Å². The van der Waals surface area contributed by atoms with Crippen LogP contribution >= 0.6 is 0 Å². The largest absolute Gasteiger partial charge is 0.244 e. The molecule has 1 aliphatic rings. The van der Waals surface area contributed by atoms with E-state index in [-0.39, 0.29) is 9.79 Å². The summed E-state index contributed by atoms with van der Waals surface area (Å²) in [6.07, 6.45) is 2.63. The summed E-state index contributed by atoms with van der Waals surface area (Å²) in [5, 5.41) is 5.12. The molecule has 0 bridgehead atoms. The Kier molecular flexibility index (Phi) is 4.72. The molecule has 1 saturated heterocycles. The predicted molar refractivity (Wildman–Crippen MR) is 79.6 cm³/mol. The first kappa shape index (κ1) is 16.4. The van der Waals surface area contributed by atoms with Gasteiger partial charge in [-0.05, 0) is 30.9 Å². The van der Waals surface area contributed by atoms with Crippen molar-refractivity contribution < 1.29 is 16.8 Å². The summed E-state index contributed by atoms with van der Waals surface area (Å²) in [5.41, 5.74) is 0. The van der Waals surface area contributed by atoms with Crippen LogP contribution in [0.5, 0.6) is 0 Å². The van der Waals surface area contributed by atoms with Gasteiger partial charge in [-0.3, -0.25) is 0 Å². The number of hydrogen-bond donors (Lipinski definition) is 1. The maximum Gasteiger partial charge on any atom is 0.244 e. The van der Waals surface area contributed by atoms with Gasteiger partial charge in [-0.25, -0.2) is 22.0 Å². The van der Waals surface area contributed by atoms with E-state index in [9.17, 15) is 16.8 Å². The molecule has 118 valence electrons. The van der Waals surface area contributed by atoms with Crippen molar-refractivity contribution in [1.29, 1.82) is 0 Å². The van der Waals surface area contributed by atoms with Crippen LogP contribution in [0.2, 0.25) is 0 Å². The lowest BCUT2D eigenvalue weighted by molar-refractivity contribution is 0.268. The summed E-state index contributed by atoms with van der Waals surface area (Å²) in [4.78, 5) is -0.579. The van der Waals surface area contributed by atoms with E-state index >= 15 is 0 Å². The summed E-state index contributed by atoms with van der Waals surface area (Å²) in [5.74, 6) is 0.532. The van der Waals surface area contributed by atoms with Gasteiger partial charge in [0.25, 0.3) is 0 Å². The molecule has 0 spiro atoms. The fraction of sp³-hybridized carbons (Fsp3) is 0.538. The van der Waals surface area contributed by atoms with Crippen LogP contribution in [0.15, 0.2) is 34.1 Å². The third-order valence-electron chi connectivity index (χ3n) is 3.92. The maximum absolute atomic E-state index is 12.7. The van der Waals surface area contributed by atoms with Crippen molar-refractivity contribution in [2.75, 3.05) is 13.1 Å². The van der Waals surface area contributed by atoms with Crippen LogP contribution in [0.4, 0.5) is 0 Å². The minimum absolute atomic E-state index is 0.234. The van der Waals surface area contributed by atoms with Gasteiger partial charge in [0.15, 0.2) is 0 Å². The molecule has 8 heteroatoms. The van der Waals surface area contributed by atoms with Gasteiger partial charge in [0.2, 0.25) is 20.0 Å². The smallest absolute Gasteiger partial charge is 0.225 e.